The van der Waals surface area contributed by atoms with Gasteiger partial charge < -0.3 is 0 Å². The minimum Gasteiger partial charge on any atom is -0.299 e. The Hall–Kier alpha value is -1.11. The molecule has 0 N–H and O–H groups in total. The zero-order valence-corrected chi connectivity index (χ0v) is 11.0. The summed E-state index contributed by atoms with van der Waals surface area (Å²) in [6.07, 6.45) is 1.15. The summed E-state index contributed by atoms with van der Waals surface area (Å²) in [6.45, 7) is 10.0. The van der Waals surface area contributed by atoms with E-state index in [9.17, 15) is 4.79 Å². The van der Waals surface area contributed by atoms with Crippen molar-refractivity contribution in [2.45, 2.75) is 52.4 Å². The van der Waals surface area contributed by atoms with E-state index >= 15 is 0 Å². The highest BCUT2D eigenvalue weighted by Gasteiger charge is 2.25. The molecule has 16 heavy (non-hydrogen) atoms. The topological polar surface area (TPSA) is 17.1 Å². The molecule has 1 rings (SSSR count). The first kappa shape index (κ1) is 13.0. The maximum Gasteiger partial charge on any atom is 0.139 e. The van der Waals surface area contributed by atoms with Gasteiger partial charge in [0.2, 0.25) is 0 Å². The van der Waals surface area contributed by atoms with E-state index in [0.717, 1.165) is 12.0 Å². The van der Waals surface area contributed by atoms with Crippen molar-refractivity contribution in [3.05, 3.63) is 35.4 Å². The molecule has 1 heteroatoms. The van der Waals surface area contributed by atoms with Crippen LogP contribution in [-0.2, 0) is 10.2 Å². The second kappa shape index (κ2) is 4.82. The third-order valence-corrected chi connectivity index (χ3v) is 3.69. The molecule has 0 aliphatic rings. The molecule has 1 nitrogen and oxygen atoms in total. The van der Waals surface area contributed by atoms with Crippen LogP contribution in [0.3, 0.4) is 0 Å². The van der Waals surface area contributed by atoms with Crippen LogP contribution >= 0.6 is 0 Å². The first-order valence-electron chi connectivity index (χ1n) is 6.01. The number of rotatable bonds is 4. The third kappa shape index (κ3) is 2.52. The molecule has 88 valence electrons. The fourth-order valence-corrected chi connectivity index (χ4v) is 1.67. The number of hydrogen-bond donors (Lipinski definition) is 0. The molecule has 0 bridgehead atoms. The summed E-state index contributed by atoms with van der Waals surface area (Å²) < 4.78 is 0. The molecule has 0 saturated heterocycles. The summed E-state index contributed by atoms with van der Waals surface area (Å²) in [6, 6.07) is 8.47. The molecule has 0 fully saturated rings. The highest BCUT2D eigenvalue weighted by atomic mass is 16.1. The molecule has 1 atom stereocenters. The summed E-state index contributed by atoms with van der Waals surface area (Å²) >= 11 is 0. The number of carbonyl (C=O) groups excluding carboxylic acids is 1. The SMILES string of the molecule is CCC(C)c1ccc(C(C)(C)C(C)=O)cc1. The monoisotopic (exact) mass is 218 g/mol. The third-order valence-electron chi connectivity index (χ3n) is 3.69. The molecular weight excluding hydrogens is 196 g/mol. The molecule has 0 spiro atoms. The van der Waals surface area contributed by atoms with Crippen LogP contribution < -0.4 is 0 Å². The zero-order chi connectivity index (χ0) is 12.3. The van der Waals surface area contributed by atoms with Crippen LogP contribution in [0.1, 0.15) is 58.1 Å². The van der Waals surface area contributed by atoms with E-state index in [0.29, 0.717) is 5.92 Å². The van der Waals surface area contributed by atoms with Crippen molar-refractivity contribution in [1.29, 1.82) is 0 Å². The second-order valence-corrected chi connectivity index (χ2v) is 5.11. The molecule has 0 saturated carbocycles. The minimum atomic E-state index is -0.367. The lowest BCUT2D eigenvalue weighted by Crippen LogP contribution is -2.26. The van der Waals surface area contributed by atoms with Gasteiger partial charge in [0, 0.05) is 5.41 Å². The Balaban J connectivity index is 2.99. The quantitative estimate of drug-likeness (QED) is 0.744. The van der Waals surface area contributed by atoms with Crippen molar-refractivity contribution in [1.82, 2.24) is 0 Å². The van der Waals surface area contributed by atoms with Gasteiger partial charge in [-0.05, 0) is 44.2 Å². The summed E-state index contributed by atoms with van der Waals surface area (Å²) in [7, 11) is 0. The molecule has 1 aromatic carbocycles. The van der Waals surface area contributed by atoms with Crippen LogP contribution in [0.5, 0.6) is 0 Å². The van der Waals surface area contributed by atoms with Crippen LogP contribution in [0.25, 0.3) is 0 Å². The Morgan fingerprint density at radius 1 is 1.25 bits per heavy atom. The Morgan fingerprint density at radius 3 is 2.12 bits per heavy atom. The van der Waals surface area contributed by atoms with Crippen molar-refractivity contribution < 1.29 is 4.79 Å². The van der Waals surface area contributed by atoms with Crippen molar-refractivity contribution in [3.8, 4) is 0 Å². The number of benzene rings is 1. The lowest BCUT2D eigenvalue weighted by atomic mass is 9.80. The van der Waals surface area contributed by atoms with Crippen LogP contribution in [0, 0.1) is 0 Å². The molecule has 0 aliphatic heterocycles. The van der Waals surface area contributed by atoms with Gasteiger partial charge in [-0.1, -0.05) is 38.1 Å². The van der Waals surface area contributed by atoms with E-state index in [4.69, 9.17) is 0 Å². The van der Waals surface area contributed by atoms with Crippen molar-refractivity contribution in [2.24, 2.45) is 0 Å². The van der Waals surface area contributed by atoms with Gasteiger partial charge >= 0.3 is 0 Å². The fourth-order valence-electron chi connectivity index (χ4n) is 1.67. The smallest absolute Gasteiger partial charge is 0.139 e. The molecule has 0 radical (unpaired) electrons. The van der Waals surface area contributed by atoms with Crippen LogP contribution in [-0.4, -0.2) is 5.78 Å². The Kier molecular flexibility index (Phi) is 3.90. The van der Waals surface area contributed by atoms with Gasteiger partial charge in [-0.3, -0.25) is 4.79 Å². The van der Waals surface area contributed by atoms with Gasteiger partial charge in [-0.15, -0.1) is 0 Å². The summed E-state index contributed by atoms with van der Waals surface area (Å²) in [5.41, 5.74) is 2.09. The predicted octanol–water partition coefficient (Wildman–Crippen LogP) is 4.07. The van der Waals surface area contributed by atoms with Crippen molar-refractivity contribution >= 4 is 5.78 Å². The average Bonchev–Trinajstić information content (AvgIpc) is 2.28. The highest BCUT2D eigenvalue weighted by Crippen LogP contribution is 2.26. The molecule has 1 aromatic rings. The number of Topliss-reactive ketones (excluding diaryl/α,β-unsaturated/α-hetero) is 1. The van der Waals surface area contributed by atoms with Gasteiger partial charge in [0.1, 0.15) is 5.78 Å². The van der Waals surface area contributed by atoms with E-state index in [1.807, 2.05) is 13.8 Å². The van der Waals surface area contributed by atoms with Gasteiger partial charge in [-0.2, -0.15) is 0 Å². The van der Waals surface area contributed by atoms with Gasteiger partial charge in [-0.25, -0.2) is 0 Å². The molecular formula is C15H22O. The van der Waals surface area contributed by atoms with Gasteiger partial charge in [0.25, 0.3) is 0 Å². The largest absolute Gasteiger partial charge is 0.299 e. The Bertz CT molecular complexity index is 360. The van der Waals surface area contributed by atoms with E-state index in [2.05, 4.69) is 38.1 Å². The predicted molar refractivity (Wildman–Crippen MR) is 68.9 cm³/mol. The van der Waals surface area contributed by atoms with Crippen molar-refractivity contribution in [3.63, 3.8) is 0 Å². The number of ketones is 1. The number of carbonyl (C=O) groups is 1. The second-order valence-electron chi connectivity index (χ2n) is 5.11. The van der Waals surface area contributed by atoms with Crippen LogP contribution in [0.4, 0.5) is 0 Å². The van der Waals surface area contributed by atoms with Gasteiger partial charge in [0.05, 0.1) is 0 Å². The van der Waals surface area contributed by atoms with Gasteiger partial charge in [0.15, 0.2) is 0 Å². The summed E-state index contributed by atoms with van der Waals surface area (Å²) in [5, 5.41) is 0. The Labute approximate surface area is 98.9 Å². The molecule has 0 heterocycles. The molecule has 0 aromatic heterocycles. The molecule has 0 amide bonds. The lowest BCUT2D eigenvalue weighted by Gasteiger charge is -2.22. The zero-order valence-electron chi connectivity index (χ0n) is 11.0. The normalized spacial score (nSPS) is 13.6. The number of hydrogen-bond acceptors (Lipinski definition) is 1. The first-order valence-corrected chi connectivity index (χ1v) is 6.01. The van der Waals surface area contributed by atoms with Crippen molar-refractivity contribution in [2.75, 3.05) is 0 Å². The van der Waals surface area contributed by atoms with E-state index in [1.54, 1.807) is 6.92 Å². The maximum absolute atomic E-state index is 11.5. The van der Waals surface area contributed by atoms with E-state index in [1.165, 1.54) is 5.56 Å². The van der Waals surface area contributed by atoms with Crippen LogP contribution in [0.15, 0.2) is 24.3 Å². The Morgan fingerprint density at radius 2 is 1.75 bits per heavy atom. The first-order chi connectivity index (χ1) is 7.39. The average molecular weight is 218 g/mol. The van der Waals surface area contributed by atoms with Crippen LogP contribution in [0.2, 0.25) is 0 Å². The molecule has 0 aliphatic carbocycles. The maximum atomic E-state index is 11.5. The fraction of sp³-hybridized carbons (Fsp3) is 0.533. The summed E-state index contributed by atoms with van der Waals surface area (Å²) in [4.78, 5) is 11.5. The van der Waals surface area contributed by atoms with E-state index < -0.39 is 0 Å². The standard InChI is InChI=1S/C15H22O/c1-6-11(2)13-7-9-14(10-8-13)15(4,5)12(3)16/h7-11H,6H2,1-5H3. The summed E-state index contributed by atoms with van der Waals surface area (Å²) in [5.74, 6) is 0.804. The van der Waals surface area contributed by atoms with E-state index in [-0.39, 0.29) is 11.2 Å². The lowest BCUT2D eigenvalue weighted by molar-refractivity contribution is -0.121. The highest BCUT2D eigenvalue weighted by molar-refractivity contribution is 5.87. The molecule has 1 unspecified atom stereocenters. The minimum absolute atomic E-state index is 0.212.